The minimum absolute atomic E-state index is 0.0289. The van der Waals surface area contributed by atoms with Gasteiger partial charge in [0.25, 0.3) is 0 Å². The smallest absolute Gasteiger partial charge is 0.175 e. The van der Waals surface area contributed by atoms with Crippen LogP contribution in [0.3, 0.4) is 0 Å². The Hall–Kier alpha value is -0.470. The fourth-order valence-electron chi connectivity index (χ4n) is 1.17. The summed E-state index contributed by atoms with van der Waals surface area (Å²) < 4.78 is 0. The van der Waals surface area contributed by atoms with Crippen molar-refractivity contribution in [1.29, 1.82) is 0 Å². The zero-order valence-corrected chi connectivity index (χ0v) is 9.86. The zero-order chi connectivity index (χ0) is 10.6. The summed E-state index contributed by atoms with van der Waals surface area (Å²) in [4.78, 5) is 11.8. The minimum atomic E-state index is 0.0289. The number of hydrogen-bond acceptors (Lipinski definition) is 2. The van der Waals surface area contributed by atoms with Crippen LogP contribution in [-0.4, -0.2) is 16.8 Å². The highest BCUT2D eigenvalue weighted by molar-refractivity contribution is 8.00. The molecule has 0 spiro atoms. The highest BCUT2D eigenvalue weighted by Gasteiger charge is 2.14. The van der Waals surface area contributed by atoms with Crippen molar-refractivity contribution in [2.24, 2.45) is 0 Å². The molecule has 0 amide bonds. The molecule has 0 saturated carbocycles. The molecule has 1 nitrogen and oxygen atoms in total. The maximum absolute atomic E-state index is 11.8. The molecule has 0 N–H and O–H groups in total. The van der Waals surface area contributed by atoms with Gasteiger partial charge in [-0.1, -0.05) is 18.5 Å². The third-order valence-electron chi connectivity index (χ3n) is 1.91. The average Bonchev–Trinajstić information content (AvgIpc) is 2.18. The molecular formula is C11H13ClOS. The van der Waals surface area contributed by atoms with Crippen LogP contribution in [-0.2, 0) is 0 Å². The summed E-state index contributed by atoms with van der Waals surface area (Å²) in [5, 5.41) is 0.693. The van der Waals surface area contributed by atoms with Crippen molar-refractivity contribution >= 4 is 29.1 Å². The molecular weight excluding hydrogens is 216 g/mol. The molecule has 1 unspecified atom stereocenters. The Kier molecular flexibility index (Phi) is 4.49. The van der Waals surface area contributed by atoms with E-state index in [-0.39, 0.29) is 11.0 Å². The molecule has 0 heterocycles. The van der Waals surface area contributed by atoms with Gasteiger partial charge in [0.2, 0.25) is 0 Å². The number of hydrogen-bond donors (Lipinski definition) is 0. The standard InChI is InChI=1S/C11H13ClOS/c1-3-14-8(2)11(13)9-4-6-10(12)7-5-9/h4-8H,3H2,1-2H3. The zero-order valence-electron chi connectivity index (χ0n) is 8.29. The first-order chi connectivity index (χ1) is 6.65. The lowest BCUT2D eigenvalue weighted by molar-refractivity contribution is 0.0994. The third kappa shape index (κ3) is 3.03. The Balaban J connectivity index is 2.74. The highest BCUT2D eigenvalue weighted by atomic mass is 35.5. The average molecular weight is 229 g/mol. The first-order valence-electron chi connectivity index (χ1n) is 4.56. The lowest BCUT2D eigenvalue weighted by Crippen LogP contribution is -2.13. The van der Waals surface area contributed by atoms with Crippen LogP contribution in [0.2, 0.25) is 5.02 Å². The third-order valence-corrected chi connectivity index (χ3v) is 3.21. The SMILES string of the molecule is CCSC(C)C(=O)c1ccc(Cl)cc1. The van der Waals surface area contributed by atoms with Crippen molar-refractivity contribution in [1.82, 2.24) is 0 Å². The van der Waals surface area contributed by atoms with E-state index in [2.05, 4.69) is 6.92 Å². The molecule has 76 valence electrons. The van der Waals surface area contributed by atoms with E-state index in [9.17, 15) is 4.79 Å². The molecule has 0 aromatic heterocycles. The summed E-state index contributed by atoms with van der Waals surface area (Å²) in [6.07, 6.45) is 0. The van der Waals surface area contributed by atoms with Gasteiger partial charge in [0.05, 0.1) is 5.25 Å². The number of ketones is 1. The van der Waals surface area contributed by atoms with Crippen LogP contribution in [0.25, 0.3) is 0 Å². The van der Waals surface area contributed by atoms with E-state index >= 15 is 0 Å². The minimum Gasteiger partial charge on any atom is -0.293 e. The number of Topliss-reactive ketones (excluding diaryl/α,β-unsaturated/α-hetero) is 1. The maximum atomic E-state index is 11.8. The normalized spacial score (nSPS) is 12.5. The number of carbonyl (C=O) groups is 1. The van der Waals surface area contributed by atoms with Gasteiger partial charge in [-0.15, -0.1) is 0 Å². The summed E-state index contributed by atoms with van der Waals surface area (Å²) in [6.45, 7) is 3.99. The monoisotopic (exact) mass is 228 g/mol. The number of benzene rings is 1. The molecule has 1 atom stereocenters. The van der Waals surface area contributed by atoms with E-state index in [1.807, 2.05) is 6.92 Å². The second kappa shape index (κ2) is 5.42. The van der Waals surface area contributed by atoms with Gasteiger partial charge in [-0.2, -0.15) is 11.8 Å². The van der Waals surface area contributed by atoms with Gasteiger partial charge in [-0.05, 0) is 36.9 Å². The topological polar surface area (TPSA) is 17.1 Å². The van der Waals surface area contributed by atoms with E-state index in [4.69, 9.17) is 11.6 Å². The first kappa shape index (κ1) is 11.6. The lowest BCUT2D eigenvalue weighted by Gasteiger charge is -2.08. The number of halogens is 1. The van der Waals surface area contributed by atoms with E-state index < -0.39 is 0 Å². The number of thioether (sulfide) groups is 1. The van der Waals surface area contributed by atoms with Crippen LogP contribution in [0.1, 0.15) is 24.2 Å². The molecule has 1 aromatic carbocycles. The summed E-state index contributed by atoms with van der Waals surface area (Å²) in [6, 6.07) is 7.05. The van der Waals surface area contributed by atoms with Gasteiger partial charge in [0.1, 0.15) is 0 Å². The fourth-order valence-corrected chi connectivity index (χ4v) is 2.09. The van der Waals surface area contributed by atoms with Gasteiger partial charge in [-0.3, -0.25) is 4.79 Å². The predicted octanol–water partition coefficient (Wildman–Crippen LogP) is 3.66. The summed E-state index contributed by atoms with van der Waals surface area (Å²) in [5.41, 5.74) is 0.739. The van der Waals surface area contributed by atoms with E-state index in [0.717, 1.165) is 11.3 Å². The van der Waals surface area contributed by atoms with Gasteiger partial charge < -0.3 is 0 Å². The van der Waals surface area contributed by atoms with Gasteiger partial charge in [0, 0.05) is 10.6 Å². The predicted molar refractivity (Wildman–Crippen MR) is 63.4 cm³/mol. The molecule has 0 aliphatic rings. The Morgan fingerprint density at radius 2 is 2.00 bits per heavy atom. The van der Waals surface area contributed by atoms with Crippen LogP contribution >= 0.6 is 23.4 Å². The Morgan fingerprint density at radius 1 is 1.43 bits per heavy atom. The van der Waals surface area contributed by atoms with Crippen molar-refractivity contribution in [3.05, 3.63) is 34.9 Å². The first-order valence-corrected chi connectivity index (χ1v) is 5.99. The Labute approximate surface area is 93.8 Å². The molecule has 1 rings (SSSR count). The molecule has 0 saturated heterocycles. The molecule has 14 heavy (non-hydrogen) atoms. The molecule has 1 aromatic rings. The lowest BCUT2D eigenvalue weighted by atomic mass is 10.1. The largest absolute Gasteiger partial charge is 0.293 e. The van der Waals surface area contributed by atoms with Crippen molar-refractivity contribution < 1.29 is 4.79 Å². The molecule has 0 fully saturated rings. The van der Waals surface area contributed by atoms with Crippen LogP contribution in [0, 0.1) is 0 Å². The fraction of sp³-hybridized carbons (Fsp3) is 0.364. The molecule has 0 bridgehead atoms. The highest BCUT2D eigenvalue weighted by Crippen LogP contribution is 2.17. The van der Waals surface area contributed by atoms with Gasteiger partial charge >= 0.3 is 0 Å². The molecule has 0 aliphatic heterocycles. The van der Waals surface area contributed by atoms with E-state index in [1.165, 1.54) is 0 Å². The van der Waals surface area contributed by atoms with Crippen molar-refractivity contribution in [3.8, 4) is 0 Å². The van der Waals surface area contributed by atoms with E-state index in [1.54, 1.807) is 36.0 Å². The second-order valence-electron chi connectivity index (χ2n) is 2.97. The van der Waals surface area contributed by atoms with Crippen LogP contribution in [0.15, 0.2) is 24.3 Å². The summed E-state index contributed by atoms with van der Waals surface area (Å²) in [5.74, 6) is 1.13. The van der Waals surface area contributed by atoms with Crippen molar-refractivity contribution in [3.63, 3.8) is 0 Å². The molecule has 3 heteroatoms. The van der Waals surface area contributed by atoms with Gasteiger partial charge in [-0.25, -0.2) is 0 Å². The number of carbonyl (C=O) groups excluding carboxylic acids is 1. The Bertz CT molecular complexity index is 308. The van der Waals surface area contributed by atoms with E-state index in [0.29, 0.717) is 5.02 Å². The van der Waals surface area contributed by atoms with Crippen LogP contribution in [0.4, 0.5) is 0 Å². The van der Waals surface area contributed by atoms with Crippen LogP contribution < -0.4 is 0 Å². The summed E-state index contributed by atoms with van der Waals surface area (Å²) in [7, 11) is 0. The van der Waals surface area contributed by atoms with Crippen molar-refractivity contribution in [2.75, 3.05) is 5.75 Å². The maximum Gasteiger partial charge on any atom is 0.175 e. The summed E-state index contributed by atoms with van der Waals surface area (Å²) >= 11 is 7.40. The van der Waals surface area contributed by atoms with Crippen molar-refractivity contribution in [2.45, 2.75) is 19.1 Å². The molecule has 0 radical (unpaired) electrons. The number of rotatable bonds is 4. The van der Waals surface area contributed by atoms with Crippen LogP contribution in [0.5, 0.6) is 0 Å². The quantitative estimate of drug-likeness (QED) is 0.732. The Morgan fingerprint density at radius 3 is 2.50 bits per heavy atom. The van der Waals surface area contributed by atoms with Gasteiger partial charge in [0.15, 0.2) is 5.78 Å². The second-order valence-corrected chi connectivity index (χ2v) is 5.02. The molecule has 0 aliphatic carbocycles.